The Balaban J connectivity index is 1.45. The lowest BCUT2D eigenvalue weighted by Gasteiger charge is -2.29. The summed E-state index contributed by atoms with van der Waals surface area (Å²) >= 11 is 0. The fraction of sp³-hybridized carbons (Fsp3) is 0.500. The average molecular weight is 439 g/mol. The third-order valence-corrected chi connectivity index (χ3v) is 5.83. The number of hydrogen-bond donors (Lipinski definition) is 3. The first kappa shape index (κ1) is 23.5. The highest BCUT2D eigenvalue weighted by molar-refractivity contribution is 5.97. The van der Waals surface area contributed by atoms with Crippen LogP contribution in [-0.2, 0) is 4.79 Å². The molecule has 1 aromatic heterocycles. The summed E-state index contributed by atoms with van der Waals surface area (Å²) in [7, 11) is 3.96. The minimum absolute atomic E-state index is 0.0677. The fourth-order valence-electron chi connectivity index (χ4n) is 3.98. The molecule has 1 fully saturated rings. The topological polar surface area (TPSA) is 99.2 Å². The van der Waals surface area contributed by atoms with E-state index in [0.29, 0.717) is 42.1 Å². The maximum Gasteiger partial charge on any atom is 0.251 e. The molecule has 0 saturated heterocycles. The van der Waals surface area contributed by atoms with Crippen molar-refractivity contribution in [2.75, 3.05) is 36.2 Å². The number of aromatic nitrogens is 2. The highest BCUT2D eigenvalue weighted by atomic mass is 16.2. The van der Waals surface area contributed by atoms with Crippen molar-refractivity contribution in [1.29, 1.82) is 0 Å². The molecule has 1 aromatic carbocycles. The van der Waals surface area contributed by atoms with Gasteiger partial charge in [-0.2, -0.15) is 4.98 Å². The van der Waals surface area contributed by atoms with Gasteiger partial charge in [0.2, 0.25) is 11.9 Å². The maximum absolute atomic E-state index is 12.6. The highest BCUT2D eigenvalue weighted by Gasteiger charge is 2.22. The van der Waals surface area contributed by atoms with Gasteiger partial charge in [0, 0.05) is 56.1 Å². The Morgan fingerprint density at radius 2 is 1.91 bits per heavy atom. The molecule has 0 bridgehead atoms. The third kappa shape index (κ3) is 6.42. The van der Waals surface area contributed by atoms with E-state index in [1.165, 1.54) is 0 Å². The van der Waals surface area contributed by atoms with Crippen molar-refractivity contribution in [3.63, 3.8) is 0 Å². The van der Waals surface area contributed by atoms with Crippen LogP contribution in [-0.4, -0.2) is 48.5 Å². The van der Waals surface area contributed by atoms with Crippen LogP contribution < -0.4 is 20.9 Å². The van der Waals surface area contributed by atoms with Gasteiger partial charge in [0.1, 0.15) is 5.82 Å². The molecule has 1 saturated carbocycles. The number of nitrogens with zero attached hydrogens (tertiary/aromatic N) is 3. The first-order valence-corrected chi connectivity index (χ1v) is 11.3. The summed E-state index contributed by atoms with van der Waals surface area (Å²) in [5.41, 5.74) is 2.26. The summed E-state index contributed by atoms with van der Waals surface area (Å²) in [4.78, 5) is 35.2. The zero-order valence-corrected chi connectivity index (χ0v) is 19.4. The lowest BCUT2D eigenvalue weighted by Crippen LogP contribution is -2.34. The van der Waals surface area contributed by atoms with Crippen LogP contribution in [0.15, 0.2) is 30.5 Å². The summed E-state index contributed by atoms with van der Waals surface area (Å²) in [5.74, 6) is 1.88. The molecule has 0 aliphatic heterocycles. The number of aryl methyl sites for hydroxylation is 1. The second-order valence-corrected chi connectivity index (χ2v) is 8.65. The predicted octanol–water partition coefficient (Wildman–Crippen LogP) is 3.60. The molecule has 1 aliphatic rings. The van der Waals surface area contributed by atoms with Gasteiger partial charge in [0.25, 0.3) is 5.91 Å². The standard InChI is InChI=1S/C24H34N6O2/c1-5-21(31)27-20-8-6-7-18(13-20)23(32)25-15-17-9-11-19(12-10-17)28-24-26-14-16(2)22(29-24)30(3)4/h6-8,13-14,17,19H,5,9-12,15H2,1-4H3,(H,25,32)(H,27,31)(H,26,28,29). The minimum atomic E-state index is -0.109. The molecule has 172 valence electrons. The Bertz CT molecular complexity index is 938. The molecule has 3 N–H and O–H groups in total. The molecule has 3 rings (SSSR count). The molecule has 1 heterocycles. The predicted molar refractivity (Wildman–Crippen MR) is 128 cm³/mol. The molecule has 0 atom stereocenters. The maximum atomic E-state index is 12.6. The Hall–Kier alpha value is -3.16. The van der Waals surface area contributed by atoms with Crippen molar-refractivity contribution < 1.29 is 9.59 Å². The van der Waals surface area contributed by atoms with E-state index in [1.807, 2.05) is 32.1 Å². The number of carbonyl (C=O) groups excluding carboxylic acids is 2. The Morgan fingerprint density at radius 1 is 1.16 bits per heavy atom. The Labute approximate surface area is 190 Å². The molecule has 2 aromatic rings. The van der Waals surface area contributed by atoms with Gasteiger partial charge < -0.3 is 20.9 Å². The first-order chi connectivity index (χ1) is 15.4. The number of amides is 2. The Kier molecular flexibility index (Phi) is 8.03. The fourth-order valence-corrected chi connectivity index (χ4v) is 3.98. The van der Waals surface area contributed by atoms with Crippen molar-refractivity contribution in [3.05, 3.63) is 41.6 Å². The molecule has 32 heavy (non-hydrogen) atoms. The first-order valence-electron chi connectivity index (χ1n) is 11.3. The van der Waals surface area contributed by atoms with Crippen LogP contribution in [0.4, 0.5) is 17.5 Å². The van der Waals surface area contributed by atoms with Gasteiger partial charge in [0.15, 0.2) is 0 Å². The molecule has 0 unspecified atom stereocenters. The molecule has 0 radical (unpaired) electrons. The van der Waals surface area contributed by atoms with Crippen LogP contribution >= 0.6 is 0 Å². The van der Waals surface area contributed by atoms with Gasteiger partial charge in [-0.15, -0.1) is 0 Å². The van der Waals surface area contributed by atoms with Crippen molar-refractivity contribution in [3.8, 4) is 0 Å². The van der Waals surface area contributed by atoms with Crippen molar-refractivity contribution >= 4 is 29.3 Å². The van der Waals surface area contributed by atoms with Crippen LogP contribution in [0.1, 0.15) is 54.9 Å². The van der Waals surface area contributed by atoms with Crippen LogP contribution in [0, 0.1) is 12.8 Å². The SMILES string of the molecule is CCC(=O)Nc1cccc(C(=O)NCC2CCC(Nc3ncc(C)c(N(C)C)n3)CC2)c1. The van der Waals surface area contributed by atoms with Gasteiger partial charge in [-0.3, -0.25) is 9.59 Å². The Morgan fingerprint density at radius 3 is 2.59 bits per heavy atom. The largest absolute Gasteiger partial charge is 0.362 e. The van der Waals surface area contributed by atoms with E-state index in [0.717, 1.165) is 37.1 Å². The number of anilines is 3. The summed E-state index contributed by atoms with van der Waals surface area (Å²) in [6.07, 6.45) is 6.38. The molecule has 8 nitrogen and oxygen atoms in total. The van der Waals surface area contributed by atoms with Crippen LogP contribution in [0.5, 0.6) is 0 Å². The highest BCUT2D eigenvalue weighted by Crippen LogP contribution is 2.26. The van der Waals surface area contributed by atoms with Crippen molar-refractivity contribution in [2.24, 2.45) is 5.92 Å². The molecule has 8 heteroatoms. The van der Waals surface area contributed by atoms with Crippen molar-refractivity contribution in [2.45, 2.75) is 52.0 Å². The van der Waals surface area contributed by atoms with E-state index in [1.54, 1.807) is 31.2 Å². The second kappa shape index (κ2) is 10.9. The van der Waals surface area contributed by atoms with Crippen molar-refractivity contribution in [1.82, 2.24) is 15.3 Å². The molecular weight excluding hydrogens is 404 g/mol. The van der Waals surface area contributed by atoms with Gasteiger partial charge in [0.05, 0.1) is 0 Å². The van der Waals surface area contributed by atoms with E-state index in [-0.39, 0.29) is 11.8 Å². The molecular formula is C24H34N6O2. The number of hydrogen-bond acceptors (Lipinski definition) is 6. The van der Waals surface area contributed by atoms with Crippen LogP contribution in [0.25, 0.3) is 0 Å². The van der Waals surface area contributed by atoms with E-state index in [4.69, 9.17) is 0 Å². The van der Waals surface area contributed by atoms with E-state index in [2.05, 4.69) is 25.9 Å². The van der Waals surface area contributed by atoms with Gasteiger partial charge in [-0.25, -0.2) is 4.98 Å². The minimum Gasteiger partial charge on any atom is -0.362 e. The summed E-state index contributed by atoms with van der Waals surface area (Å²) in [5, 5.41) is 9.31. The van der Waals surface area contributed by atoms with E-state index in [9.17, 15) is 9.59 Å². The number of rotatable bonds is 8. The number of carbonyl (C=O) groups is 2. The summed E-state index contributed by atoms with van der Waals surface area (Å²) in [6, 6.07) is 7.40. The van der Waals surface area contributed by atoms with E-state index >= 15 is 0 Å². The summed E-state index contributed by atoms with van der Waals surface area (Å²) in [6.45, 7) is 4.46. The van der Waals surface area contributed by atoms with Crippen LogP contribution in [0.2, 0.25) is 0 Å². The summed E-state index contributed by atoms with van der Waals surface area (Å²) < 4.78 is 0. The lowest BCUT2D eigenvalue weighted by molar-refractivity contribution is -0.115. The quantitative estimate of drug-likeness (QED) is 0.582. The normalized spacial score (nSPS) is 18.0. The van der Waals surface area contributed by atoms with Gasteiger partial charge in [-0.1, -0.05) is 13.0 Å². The second-order valence-electron chi connectivity index (χ2n) is 8.65. The molecule has 0 spiro atoms. The average Bonchev–Trinajstić information content (AvgIpc) is 2.79. The zero-order chi connectivity index (χ0) is 23.1. The van der Waals surface area contributed by atoms with Gasteiger partial charge >= 0.3 is 0 Å². The molecule has 1 aliphatic carbocycles. The van der Waals surface area contributed by atoms with E-state index < -0.39 is 0 Å². The smallest absolute Gasteiger partial charge is 0.251 e. The zero-order valence-electron chi connectivity index (χ0n) is 19.4. The lowest BCUT2D eigenvalue weighted by atomic mass is 9.86. The number of nitrogens with one attached hydrogen (secondary N) is 3. The molecule has 2 amide bonds. The third-order valence-electron chi connectivity index (χ3n) is 5.83. The van der Waals surface area contributed by atoms with Gasteiger partial charge in [-0.05, 0) is 56.7 Å². The number of benzene rings is 1. The monoisotopic (exact) mass is 438 g/mol. The van der Waals surface area contributed by atoms with Crippen LogP contribution in [0.3, 0.4) is 0 Å².